The molecule has 1 aliphatic carbocycles. The summed E-state index contributed by atoms with van der Waals surface area (Å²) in [5.41, 5.74) is 3.56. The molecule has 0 spiro atoms. The van der Waals surface area contributed by atoms with Gasteiger partial charge in [-0.15, -0.1) is 0 Å². The first-order valence-electron chi connectivity index (χ1n) is 4.32. The topological polar surface area (TPSA) is 20.2 Å². The van der Waals surface area contributed by atoms with Crippen molar-refractivity contribution in [1.82, 2.24) is 0 Å². The summed E-state index contributed by atoms with van der Waals surface area (Å²) in [6, 6.07) is 0. The Hall–Kier alpha value is -0.980. The highest BCUT2D eigenvalue weighted by Crippen LogP contribution is 2.32. The molecule has 0 heterocycles. The van der Waals surface area contributed by atoms with Crippen molar-refractivity contribution < 1.29 is 5.11 Å². The van der Waals surface area contributed by atoms with Gasteiger partial charge in [-0.2, -0.15) is 0 Å². The molecule has 1 atom stereocenters. The Morgan fingerprint density at radius 2 is 2.00 bits per heavy atom. The van der Waals surface area contributed by atoms with Crippen molar-refractivity contribution in [3.63, 3.8) is 0 Å². The van der Waals surface area contributed by atoms with Crippen LogP contribution in [0.1, 0.15) is 27.7 Å². The van der Waals surface area contributed by atoms with Gasteiger partial charge in [0.15, 0.2) is 0 Å². The number of aliphatic hydroxyl groups excluding tert-OH is 1. The van der Waals surface area contributed by atoms with E-state index >= 15 is 0 Å². The van der Waals surface area contributed by atoms with Gasteiger partial charge in [0.05, 0.1) is 0 Å². The van der Waals surface area contributed by atoms with Crippen LogP contribution in [0.15, 0.2) is 34.6 Å². The zero-order chi connectivity index (χ0) is 9.30. The lowest BCUT2D eigenvalue weighted by atomic mass is 9.84. The second-order valence-electron chi connectivity index (χ2n) is 3.36. The van der Waals surface area contributed by atoms with Crippen LogP contribution < -0.4 is 0 Å². The minimum absolute atomic E-state index is 0.361. The number of hydrogen-bond acceptors (Lipinski definition) is 1. The molecule has 1 rings (SSSR count). The van der Waals surface area contributed by atoms with Crippen molar-refractivity contribution in [3.8, 4) is 0 Å². The van der Waals surface area contributed by atoms with Gasteiger partial charge in [-0.05, 0) is 43.6 Å². The van der Waals surface area contributed by atoms with E-state index in [9.17, 15) is 5.11 Å². The molecule has 1 N–H and O–H groups in total. The average Bonchev–Trinajstić information content (AvgIpc) is 2.01. The third-order valence-electron chi connectivity index (χ3n) is 2.64. The Kier molecular flexibility index (Phi) is 2.41. The van der Waals surface area contributed by atoms with E-state index in [1.54, 1.807) is 0 Å². The van der Waals surface area contributed by atoms with Crippen LogP contribution in [0.5, 0.6) is 0 Å². The van der Waals surface area contributed by atoms with E-state index < -0.39 is 0 Å². The highest BCUT2D eigenvalue weighted by molar-refractivity contribution is 5.44. The van der Waals surface area contributed by atoms with E-state index in [1.807, 2.05) is 26.8 Å². The fourth-order valence-electron chi connectivity index (χ4n) is 1.68. The predicted molar refractivity (Wildman–Crippen MR) is 52.0 cm³/mol. The maximum absolute atomic E-state index is 9.51. The fraction of sp³-hybridized carbons (Fsp3) is 0.455. The van der Waals surface area contributed by atoms with E-state index in [2.05, 4.69) is 13.0 Å². The Balaban J connectivity index is 3.15. The number of aliphatic hydroxyl groups is 1. The molecule has 0 aromatic heterocycles. The van der Waals surface area contributed by atoms with Gasteiger partial charge < -0.3 is 5.11 Å². The molecule has 0 radical (unpaired) electrons. The standard InChI is InChI=1S/C11H16O/c1-5-10-7(2)6-11(12)9(4)8(10)3/h5-6,8,12H,1-4H3. The van der Waals surface area contributed by atoms with E-state index in [0.29, 0.717) is 11.7 Å². The van der Waals surface area contributed by atoms with Crippen LogP contribution in [-0.4, -0.2) is 5.11 Å². The fourth-order valence-corrected chi connectivity index (χ4v) is 1.68. The number of hydrogen-bond donors (Lipinski definition) is 1. The Bertz CT molecular complexity index is 277. The highest BCUT2D eigenvalue weighted by Gasteiger charge is 2.18. The van der Waals surface area contributed by atoms with Crippen molar-refractivity contribution in [1.29, 1.82) is 0 Å². The first-order chi connectivity index (χ1) is 5.57. The van der Waals surface area contributed by atoms with Crippen molar-refractivity contribution in [3.05, 3.63) is 34.6 Å². The Labute approximate surface area is 74.1 Å². The molecule has 1 nitrogen and oxygen atoms in total. The number of allylic oxidation sites excluding steroid dienone is 5. The molecular weight excluding hydrogens is 148 g/mol. The summed E-state index contributed by atoms with van der Waals surface area (Å²) in [7, 11) is 0. The monoisotopic (exact) mass is 164 g/mol. The van der Waals surface area contributed by atoms with Gasteiger partial charge in [-0.25, -0.2) is 0 Å². The molecule has 1 unspecified atom stereocenters. The van der Waals surface area contributed by atoms with Gasteiger partial charge >= 0.3 is 0 Å². The quantitative estimate of drug-likeness (QED) is 0.582. The van der Waals surface area contributed by atoms with Crippen LogP contribution in [0.2, 0.25) is 0 Å². The van der Waals surface area contributed by atoms with Gasteiger partial charge in [0, 0.05) is 5.92 Å². The summed E-state index contributed by atoms with van der Waals surface area (Å²) in [5.74, 6) is 0.797. The summed E-state index contributed by atoms with van der Waals surface area (Å²) in [4.78, 5) is 0. The van der Waals surface area contributed by atoms with Crippen LogP contribution in [-0.2, 0) is 0 Å². The van der Waals surface area contributed by atoms with Gasteiger partial charge in [-0.3, -0.25) is 0 Å². The smallest absolute Gasteiger partial charge is 0.115 e. The Morgan fingerprint density at radius 3 is 2.50 bits per heavy atom. The Morgan fingerprint density at radius 1 is 1.42 bits per heavy atom. The van der Waals surface area contributed by atoms with Gasteiger partial charge in [0.2, 0.25) is 0 Å². The molecule has 1 aliphatic rings. The van der Waals surface area contributed by atoms with Crippen LogP contribution >= 0.6 is 0 Å². The maximum Gasteiger partial charge on any atom is 0.115 e. The first-order valence-corrected chi connectivity index (χ1v) is 4.32. The lowest BCUT2D eigenvalue weighted by Gasteiger charge is -2.22. The molecule has 0 aromatic rings. The van der Waals surface area contributed by atoms with E-state index in [0.717, 1.165) is 5.57 Å². The largest absolute Gasteiger partial charge is 0.508 e. The third kappa shape index (κ3) is 1.31. The molecular formula is C11H16O. The third-order valence-corrected chi connectivity index (χ3v) is 2.64. The normalized spacial score (nSPS) is 27.8. The molecule has 0 saturated heterocycles. The van der Waals surface area contributed by atoms with Crippen LogP contribution in [0.4, 0.5) is 0 Å². The lowest BCUT2D eigenvalue weighted by Crippen LogP contribution is -2.09. The minimum Gasteiger partial charge on any atom is -0.508 e. The molecule has 0 saturated carbocycles. The summed E-state index contributed by atoms with van der Waals surface area (Å²) >= 11 is 0. The summed E-state index contributed by atoms with van der Waals surface area (Å²) in [6.45, 7) is 8.18. The van der Waals surface area contributed by atoms with Gasteiger partial charge in [-0.1, -0.05) is 13.0 Å². The maximum atomic E-state index is 9.51. The minimum atomic E-state index is 0.361. The molecule has 12 heavy (non-hydrogen) atoms. The molecule has 1 heteroatoms. The SMILES string of the molecule is CC=C1C(C)=CC(O)=C(C)C1C. The second kappa shape index (κ2) is 3.18. The van der Waals surface area contributed by atoms with Gasteiger partial charge in [0.25, 0.3) is 0 Å². The predicted octanol–water partition coefficient (Wildman–Crippen LogP) is 3.36. The molecule has 0 aliphatic heterocycles. The van der Waals surface area contributed by atoms with E-state index in [1.165, 1.54) is 11.1 Å². The molecule has 0 amide bonds. The van der Waals surface area contributed by atoms with Crippen molar-refractivity contribution >= 4 is 0 Å². The van der Waals surface area contributed by atoms with Crippen molar-refractivity contribution in [2.24, 2.45) is 5.92 Å². The number of rotatable bonds is 0. The molecule has 0 fully saturated rings. The van der Waals surface area contributed by atoms with Crippen LogP contribution in [0.25, 0.3) is 0 Å². The lowest BCUT2D eigenvalue weighted by molar-refractivity contribution is 0.414. The summed E-state index contributed by atoms with van der Waals surface area (Å²) in [5, 5.41) is 9.51. The summed E-state index contributed by atoms with van der Waals surface area (Å²) < 4.78 is 0. The highest BCUT2D eigenvalue weighted by atomic mass is 16.3. The average molecular weight is 164 g/mol. The second-order valence-corrected chi connectivity index (χ2v) is 3.36. The van der Waals surface area contributed by atoms with Crippen molar-refractivity contribution in [2.45, 2.75) is 27.7 Å². The van der Waals surface area contributed by atoms with E-state index in [-0.39, 0.29) is 0 Å². The molecule has 66 valence electrons. The summed E-state index contributed by atoms with van der Waals surface area (Å²) in [6.07, 6.45) is 3.96. The van der Waals surface area contributed by atoms with Crippen LogP contribution in [0.3, 0.4) is 0 Å². The molecule has 0 aromatic carbocycles. The van der Waals surface area contributed by atoms with Gasteiger partial charge in [0.1, 0.15) is 5.76 Å². The zero-order valence-corrected chi connectivity index (χ0v) is 8.18. The van der Waals surface area contributed by atoms with Crippen LogP contribution in [0, 0.1) is 5.92 Å². The first kappa shape index (κ1) is 9.11. The zero-order valence-electron chi connectivity index (χ0n) is 8.18. The van der Waals surface area contributed by atoms with Crippen molar-refractivity contribution in [2.75, 3.05) is 0 Å². The van der Waals surface area contributed by atoms with E-state index in [4.69, 9.17) is 0 Å². The molecule has 0 bridgehead atoms.